The van der Waals surface area contributed by atoms with Crippen LogP contribution in [0, 0.1) is 0 Å². The summed E-state index contributed by atoms with van der Waals surface area (Å²) < 4.78 is 96.2. The molecule has 0 aliphatic heterocycles. The van der Waals surface area contributed by atoms with Gasteiger partial charge in [0, 0.05) is 47.5 Å². The van der Waals surface area contributed by atoms with E-state index < -0.39 is 30.6 Å². The van der Waals surface area contributed by atoms with Crippen LogP contribution in [-0.4, -0.2) is 55.0 Å². The van der Waals surface area contributed by atoms with Crippen LogP contribution in [0.3, 0.4) is 0 Å². The van der Waals surface area contributed by atoms with Crippen molar-refractivity contribution >= 4 is 30.6 Å². The van der Waals surface area contributed by atoms with E-state index in [1.807, 2.05) is 70.3 Å². The van der Waals surface area contributed by atoms with Crippen molar-refractivity contribution < 1.29 is 52.6 Å². The third-order valence-electron chi connectivity index (χ3n) is 3.19. The highest BCUT2D eigenvalue weighted by molar-refractivity contribution is 7.86. The van der Waals surface area contributed by atoms with Crippen LogP contribution in [0.15, 0.2) is 61.2 Å². The van der Waals surface area contributed by atoms with Gasteiger partial charge in [-0.15, -0.1) is 0 Å². The molecule has 176 valence electrons. The molecule has 0 atom stereocenters. The second-order valence-corrected chi connectivity index (χ2v) is 9.87. The van der Waals surface area contributed by atoms with E-state index in [9.17, 15) is 16.8 Å². The Hall–Kier alpha value is -2.01. The lowest BCUT2D eigenvalue weighted by Crippen LogP contribution is -2.33. The third-order valence-corrected chi connectivity index (χ3v) is 4.80. The van der Waals surface area contributed by atoms with Crippen LogP contribution in [0.4, 0.5) is 0 Å². The summed E-state index contributed by atoms with van der Waals surface area (Å²) in [5.74, 6) is -0.371. The standard InChI is InChI=1S/2C8H11NO3S.H2O4S/c2*10-13(11,12)8-4-7-9-5-2-1-3-6-9;1-5(2,3)4/h2*1-3,5-6H,4,7-8H2;(H2,1,2,3,4). The average molecular weight is 501 g/mol. The molecule has 0 spiro atoms. The number of rotatable bonds is 8. The Morgan fingerprint density at radius 2 is 0.839 bits per heavy atom. The van der Waals surface area contributed by atoms with Gasteiger partial charge in [-0.05, 0) is 0 Å². The number of pyridine rings is 2. The van der Waals surface area contributed by atoms with Gasteiger partial charge in [0.1, 0.15) is 13.1 Å². The van der Waals surface area contributed by atoms with Crippen LogP contribution in [0.1, 0.15) is 12.8 Å². The summed E-state index contributed by atoms with van der Waals surface area (Å²) in [4.78, 5) is 0. The van der Waals surface area contributed by atoms with E-state index in [1.54, 1.807) is 0 Å². The predicted octanol–water partition coefficient (Wildman–Crippen LogP) is -0.834. The topological polar surface area (TPSA) is 197 Å². The van der Waals surface area contributed by atoms with Gasteiger partial charge in [0.15, 0.2) is 24.8 Å². The number of aryl methyl sites for hydroxylation is 2. The lowest BCUT2D eigenvalue weighted by atomic mass is 10.4. The molecule has 2 heterocycles. The number of hydrogen-bond acceptors (Lipinski definition) is 8. The van der Waals surface area contributed by atoms with E-state index in [-0.39, 0.29) is 11.5 Å². The zero-order chi connectivity index (χ0) is 24.0. The fourth-order valence-electron chi connectivity index (χ4n) is 2.03. The Morgan fingerprint density at radius 1 is 0.581 bits per heavy atom. The maximum absolute atomic E-state index is 10.4. The molecule has 2 aromatic heterocycles. The zero-order valence-electron chi connectivity index (χ0n) is 16.3. The average Bonchev–Trinajstić information content (AvgIpc) is 2.61. The van der Waals surface area contributed by atoms with E-state index >= 15 is 0 Å². The van der Waals surface area contributed by atoms with Crippen LogP contribution in [0.25, 0.3) is 0 Å². The first-order valence-corrected chi connectivity index (χ1v) is 13.2. The van der Waals surface area contributed by atoms with Gasteiger partial charge >= 0.3 is 0 Å². The summed E-state index contributed by atoms with van der Waals surface area (Å²) in [6.45, 7) is 1.20. The molecule has 0 aliphatic carbocycles. The monoisotopic (exact) mass is 500 g/mol. The van der Waals surface area contributed by atoms with Gasteiger partial charge < -0.3 is 9.11 Å². The molecular weight excluding hydrogens is 476 g/mol. The first-order chi connectivity index (χ1) is 14.2. The summed E-state index contributed by atoms with van der Waals surface area (Å²) in [5.41, 5.74) is 0. The molecule has 31 heavy (non-hydrogen) atoms. The maximum atomic E-state index is 10.4. The zero-order valence-corrected chi connectivity index (χ0v) is 18.7. The molecule has 0 unspecified atom stereocenters. The van der Waals surface area contributed by atoms with Crippen molar-refractivity contribution in [2.45, 2.75) is 25.9 Å². The molecule has 0 amide bonds. The molecule has 0 bridgehead atoms. The van der Waals surface area contributed by atoms with Gasteiger partial charge in [-0.3, -0.25) is 17.5 Å². The smallest absolute Gasteiger partial charge is 0.265 e. The van der Waals surface area contributed by atoms with Crippen LogP contribution in [0.2, 0.25) is 0 Å². The van der Waals surface area contributed by atoms with E-state index in [0.717, 1.165) is 0 Å². The van der Waals surface area contributed by atoms with Crippen LogP contribution in [0.5, 0.6) is 0 Å². The van der Waals surface area contributed by atoms with Gasteiger partial charge in [0.25, 0.3) is 20.2 Å². The second-order valence-electron chi connectivity index (χ2n) is 5.91. The summed E-state index contributed by atoms with van der Waals surface area (Å²) in [7, 11) is -12.8. The molecule has 2 rings (SSSR count). The van der Waals surface area contributed by atoms with E-state index in [0.29, 0.717) is 25.9 Å². The Morgan fingerprint density at radius 3 is 1.06 bits per heavy atom. The minimum absolute atomic E-state index is 0.186. The lowest BCUT2D eigenvalue weighted by Gasteiger charge is -2.06. The summed E-state index contributed by atoms with van der Waals surface area (Å²) in [6, 6.07) is 11.3. The van der Waals surface area contributed by atoms with Crippen molar-refractivity contribution in [1.29, 1.82) is 0 Å². The minimum Gasteiger partial charge on any atom is -0.759 e. The van der Waals surface area contributed by atoms with Crippen molar-refractivity contribution in [3.63, 3.8) is 0 Å². The lowest BCUT2D eigenvalue weighted by molar-refractivity contribution is -0.697. The Balaban J connectivity index is 0.000000479. The first-order valence-electron chi connectivity index (χ1n) is 8.61. The van der Waals surface area contributed by atoms with Crippen molar-refractivity contribution in [1.82, 2.24) is 0 Å². The Kier molecular flexibility index (Phi) is 13.2. The van der Waals surface area contributed by atoms with Crippen molar-refractivity contribution in [3.8, 4) is 0 Å². The van der Waals surface area contributed by atoms with Gasteiger partial charge in [0.2, 0.25) is 0 Å². The second kappa shape index (κ2) is 14.1. The van der Waals surface area contributed by atoms with E-state index in [2.05, 4.69) is 0 Å². The molecule has 0 fully saturated rings. The number of nitrogens with zero attached hydrogens (tertiary/aromatic N) is 2. The quantitative estimate of drug-likeness (QED) is 0.262. The molecule has 0 aliphatic rings. The maximum Gasteiger partial charge on any atom is 0.265 e. The van der Waals surface area contributed by atoms with Gasteiger partial charge in [-0.2, -0.15) is 16.8 Å². The minimum atomic E-state index is -5.17. The molecule has 0 saturated heterocycles. The molecule has 2 N–H and O–H groups in total. The van der Waals surface area contributed by atoms with Crippen molar-refractivity contribution in [3.05, 3.63) is 61.2 Å². The number of hydrogen-bond donors (Lipinski definition) is 2. The van der Waals surface area contributed by atoms with E-state index in [1.165, 1.54) is 0 Å². The molecule has 12 nitrogen and oxygen atoms in total. The van der Waals surface area contributed by atoms with E-state index in [4.69, 9.17) is 26.6 Å². The van der Waals surface area contributed by atoms with Crippen LogP contribution >= 0.6 is 0 Å². The highest BCUT2D eigenvalue weighted by Gasteiger charge is 2.07. The molecule has 2 aromatic rings. The summed E-state index contributed by atoms with van der Waals surface area (Å²) in [5, 5.41) is 0. The largest absolute Gasteiger partial charge is 0.759 e. The fourth-order valence-corrected chi connectivity index (χ4v) is 3.01. The highest BCUT2D eigenvalue weighted by atomic mass is 32.3. The van der Waals surface area contributed by atoms with Gasteiger partial charge in [-0.25, -0.2) is 9.13 Å². The SMILES string of the molecule is O=S(=O)(O)CCC[n+]1ccccc1.O=S(=O)(O)CCC[n+]1ccccc1.O=S(=O)([O-])[O-]. The van der Waals surface area contributed by atoms with Gasteiger partial charge in [0.05, 0.1) is 11.5 Å². The molecule has 0 saturated carbocycles. The fraction of sp³-hybridized carbons (Fsp3) is 0.375. The summed E-state index contributed by atoms with van der Waals surface area (Å²) in [6.07, 6.45) is 8.25. The molecule has 15 heteroatoms. The third kappa shape index (κ3) is 24.1. The van der Waals surface area contributed by atoms with Crippen molar-refractivity contribution in [2.24, 2.45) is 0 Å². The predicted molar refractivity (Wildman–Crippen MR) is 106 cm³/mol. The molecular formula is C16H24N2O10S3. The highest BCUT2D eigenvalue weighted by Crippen LogP contribution is 1.89. The Bertz CT molecular complexity index is 978. The van der Waals surface area contributed by atoms with Crippen molar-refractivity contribution in [2.75, 3.05) is 11.5 Å². The van der Waals surface area contributed by atoms with Crippen LogP contribution < -0.4 is 9.13 Å². The first kappa shape index (κ1) is 29.0. The van der Waals surface area contributed by atoms with Crippen LogP contribution in [-0.2, 0) is 43.7 Å². The number of aromatic nitrogens is 2. The normalized spacial score (nSPS) is 11.5. The van der Waals surface area contributed by atoms with Gasteiger partial charge in [-0.1, -0.05) is 12.1 Å². The Labute approximate surface area is 181 Å². The molecule has 0 aromatic carbocycles. The summed E-state index contributed by atoms with van der Waals surface area (Å²) >= 11 is 0. The molecule has 0 radical (unpaired) electrons.